The van der Waals surface area contributed by atoms with E-state index in [1.54, 1.807) is 17.0 Å². The molecule has 0 amide bonds. The number of fused-ring (bicyclic) bond motifs is 1. The number of anilines is 1. The van der Waals surface area contributed by atoms with Gasteiger partial charge in [0.05, 0.1) is 18.0 Å². The molecule has 0 N–H and O–H groups in total. The fourth-order valence-corrected chi connectivity index (χ4v) is 2.90. The zero-order chi connectivity index (χ0) is 15.6. The predicted molar refractivity (Wildman–Crippen MR) is 85.3 cm³/mol. The number of nitrogens with zero attached hydrogens (tertiary/aromatic N) is 6. The molecular formula is C16H18N6O. The van der Waals surface area contributed by atoms with E-state index in [0.29, 0.717) is 6.61 Å². The number of aryl methyl sites for hydroxylation is 1. The summed E-state index contributed by atoms with van der Waals surface area (Å²) >= 11 is 0. The maximum absolute atomic E-state index is 5.93. The van der Waals surface area contributed by atoms with E-state index in [9.17, 15) is 0 Å². The van der Waals surface area contributed by atoms with E-state index in [0.717, 1.165) is 42.1 Å². The maximum Gasteiger partial charge on any atom is 0.200 e. The molecule has 4 rings (SSSR count). The van der Waals surface area contributed by atoms with Crippen LogP contribution in [0.15, 0.2) is 36.9 Å². The number of hydrogen-bond acceptors (Lipinski definition) is 6. The Bertz CT molecular complexity index is 803. The van der Waals surface area contributed by atoms with Crippen molar-refractivity contribution < 1.29 is 4.74 Å². The van der Waals surface area contributed by atoms with Crippen LogP contribution in [0.3, 0.4) is 0 Å². The molecule has 0 bridgehead atoms. The van der Waals surface area contributed by atoms with Gasteiger partial charge in [-0.25, -0.2) is 0 Å². The number of aromatic nitrogens is 5. The lowest BCUT2D eigenvalue weighted by atomic mass is 10.1. The second-order valence-corrected chi connectivity index (χ2v) is 5.57. The van der Waals surface area contributed by atoms with Crippen molar-refractivity contribution in [1.82, 2.24) is 24.8 Å². The topological polar surface area (TPSA) is 68.4 Å². The van der Waals surface area contributed by atoms with E-state index in [-0.39, 0.29) is 6.10 Å². The highest BCUT2D eigenvalue weighted by molar-refractivity contribution is 5.68. The third-order valence-electron chi connectivity index (χ3n) is 4.12. The molecule has 0 spiro atoms. The molecule has 4 heterocycles. The summed E-state index contributed by atoms with van der Waals surface area (Å²) in [6, 6.07) is 6.10. The van der Waals surface area contributed by atoms with E-state index in [2.05, 4.69) is 44.2 Å². The molecule has 1 atom stereocenters. The van der Waals surface area contributed by atoms with Crippen LogP contribution in [0.2, 0.25) is 0 Å². The molecule has 3 aromatic heterocycles. The smallest absolute Gasteiger partial charge is 0.200 e. The van der Waals surface area contributed by atoms with Crippen molar-refractivity contribution in [2.75, 3.05) is 24.6 Å². The average molecular weight is 310 g/mol. The SMILES string of the molecule is CCc1cc(N2CCOC(c3cccnc3)C2)c2nncn2n1. The third-order valence-corrected chi connectivity index (χ3v) is 4.12. The van der Waals surface area contributed by atoms with Gasteiger partial charge in [0.15, 0.2) is 0 Å². The van der Waals surface area contributed by atoms with Gasteiger partial charge in [0.2, 0.25) is 5.65 Å². The van der Waals surface area contributed by atoms with E-state index in [1.807, 2.05) is 12.3 Å². The van der Waals surface area contributed by atoms with Gasteiger partial charge in [0.25, 0.3) is 0 Å². The first-order valence-corrected chi connectivity index (χ1v) is 7.81. The molecule has 1 aliphatic rings. The van der Waals surface area contributed by atoms with Crippen molar-refractivity contribution in [3.63, 3.8) is 0 Å². The average Bonchev–Trinajstić information content (AvgIpc) is 3.10. The van der Waals surface area contributed by atoms with Crippen molar-refractivity contribution >= 4 is 11.3 Å². The second-order valence-electron chi connectivity index (χ2n) is 5.57. The minimum atomic E-state index is 0.0127. The van der Waals surface area contributed by atoms with Crippen molar-refractivity contribution in [3.05, 3.63) is 48.2 Å². The first-order chi connectivity index (χ1) is 11.3. The molecule has 1 saturated heterocycles. The summed E-state index contributed by atoms with van der Waals surface area (Å²) in [6.45, 7) is 4.36. The lowest BCUT2D eigenvalue weighted by Gasteiger charge is -2.34. The largest absolute Gasteiger partial charge is 0.370 e. The number of morpholine rings is 1. The third kappa shape index (κ3) is 2.63. The molecule has 0 aromatic carbocycles. The van der Waals surface area contributed by atoms with Crippen LogP contribution in [-0.2, 0) is 11.2 Å². The number of ether oxygens (including phenoxy) is 1. The van der Waals surface area contributed by atoms with Gasteiger partial charge in [-0.1, -0.05) is 13.0 Å². The molecular weight excluding hydrogens is 292 g/mol. The van der Waals surface area contributed by atoms with Crippen molar-refractivity contribution in [3.8, 4) is 0 Å². The van der Waals surface area contributed by atoms with Crippen LogP contribution in [-0.4, -0.2) is 44.5 Å². The quantitative estimate of drug-likeness (QED) is 0.733. The summed E-state index contributed by atoms with van der Waals surface area (Å²) in [5.41, 5.74) is 3.97. The molecule has 3 aromatic rings. The molecule has 7 nitrogen and oxygen atoms in total. The zero-order valence-electron chi connectivity index (χ0n) is 13.0. The Hall–Kier alpha value is -2.54. The van der Waals surface area contributed by atoms with E-state index < -0.39 is 0 Å². The summed E-state index contributed by atoms with van der Waals surface area (Å²) in [4.78, 5) is 6.49. The number of pyridine rings is 1. The molecule has 7 heteroatoms. The highest BCUT2D eigenvalue weighted by Gasteiger charge is 2.24. The van der Waals surface area contributed by atoms with E-state index >= 15 is 0 Å². The zero-order valence-corrected chi connectivity index (χ0v) is 13.0. The Morgan fingerprint density at radius 1 is 1.39 bits per heavy atom. The first kappa shape index (κ1) is 14.1. The summed E-state index contributed by atoms with van der Waals surface area (Å²) in [5, 5.41) is 12.7. The number of rotatable bonds is 3. The van der Waals surface area contributed by atoms with Crippen LogP contribution in [0.4, 0.5) is 5.69 Å². The molecule has 1 unspecified atom stereocenters. The van der Waals surface area contributed by atoms with Gasteiger partial charge >= 0.3 is 0 Å². The molecule has 1 aliphatic heterocycles. The Labute approximate surface area is 133 Å². The van der Waals surface area contributed by atoms with Crippen molar-refractivity contribution in [2.24, 2.45) is 0 Å². The van der Waals surface area contributed by atoms with Gasteiger partial charge in [0.1, 0.15) is 12.4 Å². The standard InChI is InChI=1S/C16H18N6O/c1-2-13-8-14(16-19-18-11-22(16)20-13)21-6-7-23-15(10-21)12-4-3-5-17-9-12/h3-5,8-9,11,15H,2,6-7,10H2,1H3. The Balaban J connectivity index is 1.69. The summed E-state index contributed by atoms with van der Waals surface area (Å²) in [6.07, 6.45) is 6.18. The van der Waals surface area contributed by atoms with Crippen molar-refractivity contribution in [2.45, 2.75) is 19.4 Å². The first-order valence-electron chi connectivity index (χ1n) is 7.81. The van der Waals surface area contributed by atoms with Gasteiger partial charge < -0.3 is 9.64 Å². The van der Waals surface area contributed by atoms with Gasteiger partial charge in [-0.2, -0.15) is 9.61 Å². The van der Waals surface area contributed by atoms with Crippen molar-refractivity contribution in [1.29, 1.82) is 0 Å². The minimum absolute atomic E-state index is 0.0127. The van der Waals surface area contributed by atoms with Crippen LogP contribution in [0.5, 0.6) is 0 Å². The minimum Gasteiger partial charge on any atom is -0.370 e. The maximum atomic E-state index is 5.93. The fourth-order valence-electron chi connectivity index (χ4n) is 2.90. The van der Waals surface area contributed by atoms with Gasteiger partial charge in [-0.3, -0.25) is 4.98 Å². The Morgan fingerprint density at radius 3 is 3.17 bits per heavy atom. The van der Waals surface area contributed by atoms with Gasteiger partial charge in [-0.05, 0) is 18.6 Å². The highest BCUT2D eigenvalue weighted by atomic mass is 16.5. The summed E-state index contributed by atoms with van der Waals surface area (Å²) in [7, 11) is 0. The Kier molecular flexibility index (Phi) is 3.63. The van der Waals surface area contributed by atoms with Gasteiger partial charge in [0, 0.05) is 31.0 Å². The monoisotopic (exact) mass is 310 g/mol. The molecule has 0 radical (unpaired) electrons. The van der Waals surface area contributed by atoms with Crippen LogP contribution >= 0.6 is 0 Å². The highest BCUT2D eigenvalue weighted by Crippen LogP contribution is 2.28. The lowest BCUT2D eigenvalue weighted by Crippen LogP contribution is -2.38. The predicted octanol–water partition coefficient (Wildman–Crippen LogP) is 1.66. The molecule has 0 aliphatic carbocycles. The van der Waals surface area contributed by atoms with E-state index in [1.165, 1.54) is 0 Å². The molecule has 118 valence electrons. The van der Waals surface area contributed by atoms with Gasteiger partial charge in [-0.15, -0.1) is 10.2 Å². The fraction of sp³-hybridized carbons (Fsp3) is 0.375. The molecule has 0 saturated carbocycles. The summed E-state index contributed by atoms with van der Waals surface area (Å²) in [5.74, 6) is 0. The van der Waals surface area contributed by atoms with Crippen LogP contribution in [0, 0.1) is 0 Å². The summed E-state index contributed by atoms with van der Waals surface area (Å²) < 4.78 is 7.68. The second kappa shape index (κ2) is 5.92. The van der Waals surface area contributed by atoms with E-state index in [4.69, 9.17) is 4.74 Å². The van der Waals surface area contributed by atoms with Crippen LogP contribution < -0.4 is 4.90 Å². The normalized spacial score (nSPS) is 18.5. The van der Waals surface area contributed by atoms with Crippen LogP contribution in [0.25, 0.3) is 5.65 Å². The number of hydrogen-bond donors (Lipinski definition) is 0. The lowest BCUT2D eigenvalue weighted by molar-refractivity contribution is 0.0396. The molecule has 23 heavy (non-hydrogen) atoms. The Morgan fingerprint density at radius 2 is 2.35 bits per heavy atom. The van der Waals surface area contributed by atoms with Crippen LogP contribution in [0.1, 0.15) is 24.3 Å². The molecule has 1 fully saturated rings.